The van der Waals surface area contributed by atoms with Gasteiger partial charge >= 0.3 is 0 Å². The smallest absolute Gasteiger partial charge is 0.258 e. The van der Waals surface area contributed by atoms with Gasteiger partial charge in [-0.3, -0.25) is 5.01 Å². The van der Waals surface area contributed by atoms with E-state index in [4.69, 9.17) is 17.0 Å². The van der Waals surface area contributed by atoms with Crippen molar-refractivity contribution in [2.75, 3.05) is 31.3 Å². The summed E-state index contributed by atoms with van der Waals surface area (Å²) in [4.78, 5) is 1.66. The van der Waals surface area contributed by atoms with Crippen molar-refractivity contribution in [1.82, 2.24) is 20.3 Å². The molecule has 0 saturated carbocycles. The minimum absolute atomic E-state index is 0.455. The molecular weight excluding hydrogens is 178 g/mol. The second-order valence-electron chi connectivity index (χ2n) is 2.46. The van der Waals surface area contributed by atoms with Gasteiger partial charge in [-0.05, 0) is 17.4 Å². The number of aromatic nitrogens is 4. The number of H-pyrrole nitrogens is 1. The number of ether oxygens (including phenoxy) is 1. The number of hydrogen-bond donors (Lipinski definition) is 1. The van der Waals surface area contributed by atoms with Crippen molar-refractivity contribution in [3.05, 3.63) is 4.77 Å². The largest absolute Gasteiger partial charge is 0.378 e. The van der Waals surface area contributed by atoms with Crippen LogP contribution in [-0.4, -0.2) is 46.6 Å². The van der Waals surface area contributed by atoms with Crippen LogP contribution >= 0.6 is 12.2 Å². The Morgan fingerprint density at radius 1 is 1.42 bits per heavy atom. The summed E-state index contributed by atoms with van der Waals surface area (Å²) in [6.07, 6.45) is 0. The molecule has 0 atom stereocenters. The molecule has 0 amide bonds. The van der Waals surface area contributed by atoms with Gasteiger partial charge in [-0.1, -0.05) is 5.10 Å². The topological polar surface area (TPSA) is 59.0 Å². The summed E-state index contributed by atoms with van der Waals surface area (Å²) in [7, 11) is 0. The normalized spacial score (nSPS) is 18.2. The lowest BCUT2D eigenvalue weighted by Gasteiger charge is -2.27. The highest BCUT2D eigenvalue weighted by Gasteiger charge is 2.11. The number of rotatable bonds is 1. The maximum Gasteiger partial charge on any atom is 0.258 e. The lowest BCUT2D eigenvalue weighted by atomic mass is 10.5. The van der Waals surface area contributed by atoms with Crippen LogP contribution in [0.25, 0.3) is 0 Å². The molecule has 7 heteroatoms. The van der Waals surface area contributed by atoms with E-state index in [1.54, 1.807) is 4.79 Å². The van der Waals surface area contributed by atoms with Gasteiger partial charge < -0.3 is 4.74 Å². The van der Waals surface area contributed by atoms with Gasteiger partial charge in [0.15, 0.2) is 0 Å². The molecule has 1 aromatic heterocycles. The Bertz CT molecular complexity index is 301. The number of hydrogen-bond acceptors (Lipinski definition) is 5. The van der Waals surface area contributed by atoms with Gasteiger partial charge in [-0.15, -0.1) is 4.79 Å². The lowest BCUT2D eigenvalue weighted by molar-refractivity contribution is 0.108. The minimum Gasteiger partial charge on any atom is -0.378 e. The van der Waals surface area contributed by atoms with Crippen LogP contribution in [-0.2, 0) is 4.74 Å². The molecule has 0 bridgehead atoms. The molecule has 1 aromatic rings. The molecule has 66 valence electrons. The van der Waals surface area contributed by atoms with E-state index in [9.17, 15) is 0 Å². The van der Waals surface area contributed by atoms with E-state index in [0.29, 0.717) is 4.77 Å². The van der Waals surface area contributed by atoms with Crippen LogP contribution in [0.5, 0.6) is 0 Å². The van der Waals surface area contributed by atoms with Gasteiger partial charge in [0, 0.05) is 0 Å². The predicted molar refractivity (Wildman–Crippen MR) is 44.0 cm³/mol. The molecule has 0 unspecified atom stereocenters. The third-order valence-corrected chi connectivity index (χ3v) is 1.98. The van der Waals surface area contributed by atoms with Gasteiger partial charge in [-0.2, -0.15) is 5.21 Å². The van der Waals surface area contributed by atoms with Crippen molar-refractivity contribution in [3.8, 4) is 0 Å². The Morgan fingerprint density at radius 2 is 2.17 bits per heavy atom. The number of aromatic amines is 1. The summed E-state index contributed by atoms with van der Waals surface area (Å²) in [5.74, 6) is 0. The molecule has 12 heavy (non-hydrogen) atoms. The Balaban J connectivity index is 2.18. The Hall–Kier alpha value is -0.950. The highest BCUT2D eigenvalue weighted by Crippen LogP contribution is 1.94. The van der Waals surface area contributed by atoms with Crippen LogP contribution < -0.4 is 5.01 Å². The second kappa shape index (κ2) is 3.20. The molecule has 1 fully saturated rings. The minimum atomic E-state index is 0.455. The van der Waals surface area contributed by atoms with E-state index in [-0.39, 0.29) is 0 Å². The first kappa shape index (κ1) is 7.69. The van der Waals surface area contributed by atoms with Gasteiger partial charge in [0.2, 0.25) is 0 Å². The van der Waals surface area contributed by atoms with E-state index >= 15 is 0 Å². The standard InChI is InChI=1S/C5H9N5OS/c12-5-6-7-8-10(5)9-1-3-11-4-2-9/h1-4H2,(H,6,8,12). The average molecular weight is 187 g/mol. The quantitative estimate of drug-likeness (QED) is 0.589. The van der Waals surface area contributed by atoms with E-state index in [2.05, 4.69) is 15.5 Å². The first-order valence-corrected chi connectivity index (χ1v) is 4.12. The van der Waals surface area contributed by atoms with Crippen molar-refractivity contribution in [2.45, 2.75) is 0 Å². The molecule has 0 aromatic carbocycles. The monoisotopic (exact) mass is 187 g/mol. The van der Waals surface area contributed by atoms with Crippen molar-refractivity contribution in [1.29, 1.82) is 0 Å². The van der Waals surface area contributed by atoms with E-state index in [0.717, 1.165) is 26.3 Å². The van der Waals surface area contributed by atoms with Gasteiger partial charge in [0.05, 0.1) is 26.3 Å². The van der Waals surface area contributed by atoms with E-state index < -0.39 is 0 Å². The van der Waals surface area contributed by atoms with Crippen LogP contribution in [0.3, 0.4) is 0 Å². The van der Waals surface area contributed by atoms with Crippen molar-refractivity contribution >= 4 is 12.2 Å². The summed E-state index contributed by atoms with van der Waals surface area (Å²) in [6.45, 7) is 3.08. The SMILES string of the molecule is S=c1nn[nH]n1N1CCOCC1. The fraction of sp³-hybridized carbons (Fsp3) is 0.800. The molecule has 2 heterocycles. The van der Waals surface area contributed by atoms with E-state index in [1.807, 2.05) is 5.01 Å². The molecule has 0 spiro atoms. The number of nitrogens with one attached hydrogen (secondary N) is 1. The van der Waals surface area contributed by atoms with Crippen molar-refractivity contribution in [3.63, 3.8) is 0 Å². The van der Waals surface area contributed by atoms with Gasteiger partial charge in [-0.25, -0.2) is 0 Å². The Kier molecular flexibility index (Phi) is 2.05. The number of nitrogens with zero attached hydrogens (tertiary/aromatic N) is 4. The fourth-order valence-corrected chi connectivity index (χ4v) is 1.33. The molecular formula is C5H9N5OS. The third-order valence-electron chi connectivity index (χ3n) is 1.73. The Morgan fingerprint density at radius 3 is 2.75 bits per heavy atom. The second-order valence-corrected chi connectivity index (χ2v) is 2.83. The summed E-state index contributed by atoms with van der Waals surface area (Å²) >= 11 is 4.94. The lowest BCUT2D eigenvalue weighted by Crippen LogP contribution is -2.44. The summed E-state index contributed by atoms with van der Waals surface area (Å²) in [5, 5.41) is 12.0. The zero-order valence-electron chi connectivity index (χ0n) is 6.43. The molecule has 0 radical (unpaired) electrons. The zero-order valence-corrected chi connectivity index (χ0v) is 7.25. The summed E-state index contributed by atoms with van der Waals surface area (Å²) < 4.78 is 5.65. The van der Waals surface area contributed by atoms with Crippen molar-refractivity contribution < 1.29 is 4.74 Å². The Labute approximate surface area is 74.1 Å². The van der Waals surface area contributed by atoms with Crippen LogP contribution in [0.2, 0.25) is 0 Å². The molecule has 0 aliphatic carbocycles. The number of morpholine rings is 1. The molecule has 1 saturated heterocycles. The zero-order chi connectivity index (χ0) is 8.39. The highest BCUT2D eigenvalue weighted by atomic mass is 32.1. The number of tetrazole rings is 1. The van der Waals surface area contributed by atoms with Crippen LogP contribution in [0.15, 0.2) is 0 Å². The summed E-state index contributed by atoms with van der Waals surface area (Å²) in [6, 6.07) is 0. The summed E-state index contributed by atoms with van der Waals surface area (Å²) in [5.41, 5.74) is 0. The average Bonchev–Trinajstić information content (AvgIpc) is 2.53. The first-order chi connectivity index (χ1) is 5.88. The molecule has 1 N–H and O–H groups in total. The fourth-order valence-electron chi connectivity index (χ4n) is 1.13. The third kappa shape index (κ3) is 1.32. The molecule has 1 aliphatic heterocycles. The maximum absolute atomic E-state index is 5.19. The molecule has 6 nitrogen and oxygen atoms in total. The van der Waals surface area contributed by atoms with Crippen molar-refractivity contribution in [2.24, 2.45) is 0 Å². The van der Waals surface area contributed by atoms with Crippen LogP contribution in [0, 0.1) is 4.77 Å². The van der Waals surface area contributed by atoms with Gasteiger partial charge in [0.1, 0.15) is 0 Å². The molecule has 2 rings (SSSR count). The van der Waals surface area contributed by atoms with Gasteiger partial charge in [0.25, 0.3) is 4.77 Å². The van der Waals surface area contributed by atoms with Crippen LogP contribution in [0.1, 0.15) is 0 Å². The maximum atomic E-state index is 5.19. The predicted octanol–water partition coefficient (Wildman–Crippen LogP) is -0.696. The highest BCUT2D eigenvalue weighted by molar-refractivity contribution is 7.71. The van der Waals surface area contributed by atoms with E-state index in [1.165, 1.54) is 0 Å². The van der Waals surface area contributed by atoms with Crippen LogP contribution in [0.4, 0.5) is 0 Å². The first-order valence-electron chi connectivity index (χ1n) is 3.71. The molecule has 1 aliphatic rings.